The van der Waals surface area contributed by atoms with Gasteiger partial charge in [-0.05, 0) is 44.4 Å². The van der Waals surface area contributed by atoms with Crippen molar-refractivity contribution in [2.45, 2.75) is 83.7 Å². The molecule has 2 aliphatic rings. The second kappa shape index (κ2) is 6.08. The highest BCUT2D eigenvalue weighted by atomic mass is 16.6. The summed E-state index contributed by atoms with van der Waals surface area (Å²) in [6.45, 7) is 4.25. The van der Waals surface area contributed by atoms with E-state index in [-0.39, 0.29) is 17.5 Å². The minimum absolute atomic E-state index is 0.0422. The lowest BCUT2D eigenvalue weighted by Gasteiger charge is -2.28. The van der Waals surface area contributed by atoms with Crippen molar-refractivity contribution in [2.24, 2.45) is 11.8 Å². The van der Waals surface area contributed by atoms with Gasteiger partial charge in [0.1, 0.15) is 5.60 Å². The predicted octanol–water partition coefficient (Wildman–Crippen LogP) is 4.47. The van der Waals surface area contributed by atoms with E-state index in [1.54, 1.807) is 0 Å². The number of carbonyl (C=O) groups is 1. The average Bonchev–Trinajstić information content (AvgIpc) is 2.94. The van der Waals surface area contributed by atoms with Gasteiger partial charge in [0, 0.05) is 0 Å². The van der Waals surface area contributed by atoms with Gasteiger partial charge in [0.2, 0.25) is 0 Å². The Hall–Kier alpha value is -0.530. The zero-order valence-electron chi connectivity index (χ0n) is 12.0. The van der Waals surface area contributed by atoms with Gasteiger partial charge in [-0.15, -0.1) is 0 Å². The lowest BCUT2D eigenvalue weighted by Crippen LogP contribution is -2.32. The molecule has 2 rings (SSSR count). The number of fused-ring (bicyclic) bond motifs is 2. The first kappa shape index (κ1) is 13.9. The second-order valence-electron chi connectivity index (χ2n) is 6.50. The second-order valence-corrected chi connectivity index (χ2v) is 6.50. The van der Waals surface area contributed by atoms with Crippen LogP contribution in [0.5, 0.6) is 0 Å². The molecule has 104 valence electrons. The summed E-state index contributed by atoms with van der Waals surface area (Å²) >= 11 is 0. The van der Waals surface area contributed by atoms with E-state index in [0.29, 0.717) is 0 Å². The summed E-state index contributed by atoms with van der Waals surface area (Å²) in [6.07, 6.45) is 11.9. The maximum Gasteiger partial charge on any atom is 0.309 e. The number of hydrogen-bond acceptors (Lipinski definition) is 2. The number of rotatable bonds is 7. The van der Waals surface area contributed by atoms with Crippen LogP contribution < -0.4 is 0 Å². The molecular formula is C16H28O2. The van der Waals surface area contributed by atoms with E-state index in [4.69, 9.17) is 4.74 Å². The van der Waals surface area contributed by atoms with Crippen LogP contribution in [0.25, 0.3) is 0 Å². The standard InChI is InChI=1S/C16H28O2/c1-3-4-5-6-7-13(2)15(17)18-16-10-8-14(12-16)9-11-16/h13-14H,3-12H2,1-2H3. The molecule has 2 saturated carbocycles. The normalized spacial score (nSPS) is 31.6. The van der Waals surface area contributed by atoms with Crippen LogP contribution in [0.15, 0.2) is 0 Å². The quantitative estimate of drug-likeness (QED) is 0.493. The van der Waals surface area contributed by atoms with Crippen LogP contribution in [-0.2, 0) is 9.53 Å². The molecule has 0 aliphatic heterocycles. The van der Waals surface area contributed by atoms with Crippen LogP contribution >= 0.6 is 0 Å². The maximum absolute atomic E-state index is 12.1. The van der Waals surface area contributed by atoms with Crippen molar-refractivity contribution in [1.82, 2.24) is 0 Å². The molecule has 0 radical (unpaired) electrons. The van der Waals surface area contributed by atoms with E-state index in [0.717, 1.165) is 31.6 Å². The van der Waals surface area contributed by atoms with Crippen molar-refractivity contribution < 1.29 is 9.53 Å². The van der Waals surface area contributed by atoms with E-state index < -0.39 is 0 Å². The molecule has 2 aliphatic carbocycles. The Bertz CT molecular complexity index is 277. The van der Waals surface area contributed by atoms with E-state index in [1.165, 1.54) is 38.5 Å². The smallest absolute Gasteiger partial charge is 0.309 e. The number of ether oxygens (including phenoxy) is 1. The molecule has 0 aromatic rings. The largest absolute Gasteiger partial charge is 0.459 e. The van der Waals surface area contributed by atoms with E-state index in [9.17, 15) is 4.79 Å². The maximum atomic E-state index is 12.1. The molecule has 2 fully saturated rings. The van der Waals surface area contributed by atoms with Gasteiger partial charge in [-0.2, -0.15) is 0 Å². The summed E-state index contributed by atoms with van der Waals surface area (Å²) in [4.78, 5) is 12.1. The van der Waals surface area contributed by atoms with Crippen molar-refractivity contribution in [3.05, 3.63) is 0 Å². The SMILES string of the molecule is CCCCCCC(C)C(=O)OC12CCC(CC1)C2. The van der Waals surface area contributed by atoms with Crippen molar-refractivity contribution in [3.8, 4) is 0 Å². The highest BCUT2D eigenvalue weighted by molar-refractivity contribution is 5.72. The third kappa shape index (κ3) is 3.27. The molecule has 0 spiro atoms. The molecule has 18 heavy (non-hydrogen) atoms. The zero-order chi connectivity index (χ0) is 13.0. The summed E-state index contributed by atoms with van der Waals surface area (Å²) < 4.78 is 5.87. The van der Waals surface area contributed by atoms with Gasteiger partial charge in [-0.3, -0.25) is 4.79 Å². The molecule has 2 bridgehead atoms. The Morgan fingerprint density at radius 2 is 2.00 bits per heavy atom. The first-order valence-corrected chi connectivity index (χ1v) is 7.88. The van der Waals surface area contributed by atoms with E-state index >= 15 is 0 Å². The fraction of sp³-hybridized carbons (Fsp3) is 0.938. The molecule has 0 aromatic heterocycles. The van der Waals surface area contributed by atoms with Crippen LogP contribution in [0.1, 0.15) is 78.1 Å². The monoisotopic (exact) mass is 252 g/mol. The first-order chi connectivity index (χ1) is 8.65. The molecule has 1 atom stereocenters. The van der Waals surface area contributed by atoms with Crippen molar-refractivity contribution in [3.63, 3.8) is 0 Å². The number of unbranched alkanes of at least 4 members (excludes halogenated alkanes) is 3. The minimum atomic E-state index is -0.0422. The molecule has 0 heterocycles. The molecule has 0 saturated heterocycles. The van der Waals surface area contributed by atoms with E-state index in [1.807, 2.05) is 6.92 Å². The highest BCUT2D eigenvalue weighted by Gasteiger charge is 2.48. The third-order valence-electron chi connectivity index (χ3n) is 4.89. The topological polar surface area (TPSA) is 26.3 Å². The molecule has 1 unspecified atom stereocenters. The van der Waals surface area contributed by atoms with Crippen molar-refractivity contribution >= 4 is 5.97 Å². The Labute approximate surface area is 111 Å². The van der Waals surface area contributed by atoms with Gasteiger partial charge < -0.3 is 4.74 Å². The molecule has 0 N–H and O–H groups in total. The summed E-state index contributed by atoms with van der Waals surface area (Å²) in [7, 11) is 0. The molecular weight excluding hydrogens is 224 g/mol. The van der Waals surface area contributed by atoms with Gasteiger partial charge in [0.15, 0.2) is 0 Å². The van der Waals surface area contributed by atoms with E-state index in [2.05, 4.69) is 6.92 Å². The number of carbonyl (C=O) groups excluding carboxylic acids is 1. The highest BCUT2D eigenvalue weighted by Crippen LogP contribution is 2.50. The van der Waals surface area contributed by atoms with Crippen LogP contribution in [-0.4, -0.2) is 11.6 Å². The summed E-state index contributed by atoms with van der Waals surface area (Å²) in [5.74, 6) is 1.00. The van der Waals surface area contributed by atoms with Gasteiger partial charge in [-0.1, -0.05) is 39.5 Å². The Balaban J connectivity index is 1.70. The van der Waals surface area contributed by atoms with Crippen molar-refractivity contribution in [1.29, 1.82) is 0 Å². The van der Waals surface area contributed by atoms with Gasteiger partial charge in [0.05, 0.1) is 5.92 Å². The fourth-order valence-corrected chi connectivity index (χ4v) is 3.59. The lowest BCUT2D eigenvalue weighted by atomic mass is 9.96. The van der Waals surface area contributed by atoms with Crippen LogP contribution in [0.4, 0.5) is 0 Å². The van der Waals surface area contributed by atoms with Gasteiger partial charge >= 0.3 is 5.97 Å². The fourth-order valence-electron chi connectivity index (χ4n) is 3.59. The molecule has 2 heteroatoms. The van der Waals surface area contributed by atoms with Gasteiger partial charge in [-0.25, -0.2) is 0 Å². The van der Waals surface area contributed by atoms with Crippen LogP contribution in [0.2, 0.25) is 0 Å². The Kier molecular flexibility index (Phi) is 4.69. The summed E-state index contributed by atoms with van der Waals surface area (Å²) in [6, 6.07) is 0. The summed E-state index contributed by atoms with van der Waals surface area (Å²) in [5, 5.41) is 0. The molecule has 0 amide bonds. The molecule has 2 nitrogen and oxygen atoms in total. The minimum Gasteiger partial charge on any atom is -0.459 e. The first-order valence-electron chi connectivity index (χ1n) is 7.88. The number of hydrogen-bond donors (Lipinski definition) is 0. The number of esters is 1. The lowest BCUT2D eigenvalue weighted by molar-refractivity contribution is -0.163. The van der Waals surface area contributed by atoms with Crippen LogP contribution in [0, 0.1) is 11.8 Å². The zero-order valence-corrected chi connectivity index (χ0v) is 12.0. The third-order valence-corrected chi connectivity index (χ3v) is 4.89. The Morgan fingerprint density at radius 3 is 2.56 bits per heavy atom. The molecule has 0 aromatic carbocycles. The van der Waals surface area contributed by atoms with Gasteiger partial charge in [0.25, 0.3) is 0 Å². The summed E-state index contributed by atoms with van der Waals surface area (Å²) in [5.41, 5.74) is -0.0422. The Morgan fingerprint density at radius 1 is 1.28 bits per heavy atom. The predicted molar refractivity (Wildman–Crippen MR) is 73.3 cm³/mol. The average molecular weight is 252 g/mol. The van der Waals surface area contributed by atoms with Crippen LogP contribution in [0.3, 0.4) is 0 Å². The van der Waals surface area contributed by atoms with Crippen molar-refractivity contribution in [2.75, 3.05) is 0 Å².